The van der Waals surface area contributed by atoms with E-state index in [1.807, 2.05) is 0 Å². The Morgan fingerprint density at radius 3 is 2.00 bits per heavy atom. The van der Waals surface area contributed by atoms with Gasteiger partial charge in [-0.15, -0.1) is 0 Å². The van der Waals surface area contributed by atoms with Gasteiger partial charge in [0.25, 0.3) is 0 Å². The van der Waals surface area contributed by atoms with Crippen LogP contribution in [-0.2, 0) is 4.79 Å². The summed E-state index contributed by atoms with van der Waals surface area (Å²) in [5.74, 6) is -7.61. The molecule has 7 N–H and O–H groups in total. The zero-order chi connectivity index (χ0) is 17.5. The standard InChI is InChI=1S/C14H12O9/c15-7-1-5(2-8(16)10(7)18)11(19)14(23)4-6(13(21)22)3-9(17)12(14)20/h1-3,15-18,20,23H,4H2,(H,21,22). The Labute approximate surface area is 128 Å². The number of carbonyl (C=O) groups excluding carboxylic acids is 1. The number of allylic oxidation sites excluding steroid dienone is 1. The van der Waals surface area contributed by atoms with E-state index < -0.39 is 63.7 Å². The number of aliphatic hydroxyl groups excluding tert-OH is 2. The second-order valence-electron chi connectivity index (χ2n) is 4.94. The second-order valence-corrected chi connectivity index (χ2v) is 4.94. The molecule has 0 saturated heterocycles. The van der Waals surface area contributed by atoms with E-state index in [1.165, 1.54) is 0 Å². The molecule has 1 unspecified atom stereocenters. The molecule has 1 aliphatic rings. The number of ketones is 1. The largest absolute Gasteiger partial charge is 0.506 e. The maximum absolute atomic E-state index is 12.4. The Kier molecular flexibility index (Phi) is 3.67. The Balaban J connectivity index is 2.54. The highest BCUT2D eigenvalue weighted by Gasteiger charge is 2.47. The highest BCUT2D eigenvalue weighted by atomic mass is 16.4. The SMILES string of the molecule is O=C(O)C1=CC(O)=C(O)C(O)(C(=O)c2cc(O)c(O)c(O)c2)C1. The van der Waals surface area contributed by atoms with Crippen LogP contribution in [0.25, 0.3) is 0 Å². The summed E-state index contributed by atoms with van der Waals surface area (Å²) in [5.41, 5.74) is -3.86. The van der Waals surface area contributed by atoms with Crippen LogP contribution in [0.3, 0.4) is 0 Å². The Hall–Kier alpha value is -3.20. The van der Waals surface area contributed by atoms with Gasteiger partial charge in [0, 0.05) is 17.6 Å². The third kappa shape index (κ3) is 2.53. The van der Waals surface area contributed by atoms with Crippen LogP contribution in [0.2, 0.25) is 0 Å². The molecule has 0 heterocycles. The van der Waals surface area contributed by atoms with Crippen molar-refractivity contribution in [1.29, 1.82) is 0 Å². The molecule has 9 heteroatoms. The molecule has 0 amide bonds. The van der Waals surface area contributed by atoms with E-state index in [-0.39, 0.29) is 0 Å². The molecule has 0 aromatic heterocycles. The number of benzene rings is 1. The van der Waals surface area contributed by atoms with Crippen LogP contribution < -0.4 is 0 Å². The molecule has 9 nitrogen and oxygen atoms in total. The summed E-state index contributed by atoms with van der Waals surface area (Å²) in [6.45, 7) is 0. The number of carbonyl (C=O) groups is 2. The van der Waals surface area contributed by atoms with E-state index in [2.05, 4.69) is 0 Å². The zero-order valence-electron chi connectivity index (χ0n) is 11.4. The number of aromatic hydroxyl groups is 3. The van der Waals surface area contributed by atoms with E-state index in [0.29, 0.717) is 18.2 Å². The van der Waals surface area contributed by atoms with Crippen molar-refractivity contribution in [1.82, 2.24) is 0 Å². The first-order chi connectivity index (χ1) is 10.6. The maximum atomic E-state index is 12.4. The molecule has 1 aliphatic carbocycles. The zero-order valence-corrected chi connectivity index (χ0v) is 11.4. The molecule has 122 valence electrons. The number of hydrogen-bond acceptors (Lipinski definition) is 8. The molecule has 0 bridgehead atoms. The fraction of sp³-hybridized carbons (Fsp3) is 0.143. The number of hydrogen-bond donors (Lipinski definition) is 7. The topological polar surface area (TPSA) is 176 Å². The third-order valence-electron chi connectivity index (χ3n) is 3.37. The highest BCUT2D eigenvalue weighted by molar-refractivity contribution is 6.06. The lowest BCUT2D eigenvalue weighted by Gasteiger charge is -2.29. The maximum Gasteiger partial charge on any atom is 0.331 e. The lowest BCUT2D eigenvalue weighted by molar-refractivity contribution is -0.133. The predicted molar refractivity (Wildman–Crippen MR) is 73.3 cm³/mol. The van der Waals surface area contributed by atoms with E-state index in [0.717, 1.165) is 0 Å². The lowest BCUT2D eigenvalue weighted by Crippen LogP contribution is -2.44. The molecule has 1 atom stereocenters. The van der Waals surface area contributed by atoms with Crippen molar-refractivity contribution < 1.29 is 45.3 Å². The van der Waals surface area contributed by atoms with Gasteiger partial charge in [0.1, 0.15) is 0 Å². The number of phenolic OH excluding ortho intramolecular Hbond substituents is 3. The first kappa shape index (κ1) is 16.2. The molecule has 2 rings (SSSR count). The van der Waals surface area contributed by atoms with Crippen LogP contribution in [0.1, 0.15) is 16.8 Å². The van der Waals surface area contributed by atoms with Crippen LogP contribution in [0.4, 0.5) is 0 Å². The van der Waals surface area contributed by atoms with Crippen LogP contribution in [0.5, 0.6) is 17.2 Å². The molecular formula is C14H12O9. The molecule has 0 saturated carbocycles. The van der Waals surface area contributed by atoms with Crippen molar-refractivity contribution in [3.05, 3.63) is 40.9 Å². The van der Waals surface area contributed by atoms with Gasteiger partial charge in [-0.25, -0.2) is 4.79 Å². The van der Waals surface area contributed by atoms with E-state index in [4.69, 9.17) is 5.11 Å². The van der Waals surface area contributed by atoms with Crippen LogP contribution in [0, 0.1) is 0 Å². The van der Waals surface area contributed by atoms with Gasteiger partial charge in [0.2, 0.25) is 5.78 Å². The minimum atomic E-state index is -2.80. The number of rotatable bonds is 3. The Bertz CT molecular complexity index is 751. The van der Waals surface area contributed by atoms with Crippen LogP contribution in [0.15, 0.2) is 35.3 Å². The number of aliphatic hydroxyl groups is 3. The molecule has 23 heavy (non-hydrogen) atoms. The minimum Gasteiger partial charge on any atom is -0.506 e. The first-order valence-electron chi connectivity index (χ1n) is 6.16. The fourth-order valence-corrected chi connectivity index (χ4v) is 2.15. The van der Waals surface area contributed by atoms with Crippen molar-refractivity contribution in [3.63, 3.8) is 0 Å². The quantitative estimate of drug-likeness (QED) is 0.307. The van der Waals surface area contributed by atoms with Crippen molar-refractivity contribution in [2.45, 2.75) is 12.0 Å². The molecule has 1 aromatic carbocycles. The molecule has 1 aromatic rings. The van der Waals surface area contributed by atoms with Gasteiger partial charge in [-0.1, -0.05) is 0 Å². The number of aliphatic carboxylic acids is 1. The van der Waals surface area contributed by atoms with Crippen LogP contribution >= 0.6 is 0 Å². The summed E-state index contributed by atoms with van der Waals surface area (Å²) in [7, 11) is 0. The van der Waals surface area contributed by atoms with Crippen molar-refractivity contribution in [2.24, 2.45) is 0 Å². The summed E-state index contributed by atoms with van der Waals surface area (Å²) in [6, 6.07) is 1.41. The summed E-state index contributed by atoms with van der Waals surface area (Å²) in [4.78, 5) is 23.4. The van der Waals surface area contributed by atoms with Crippen LogP contribution in [-0.4, -0.2) is 53.1 Å². The van der Waals surface area contributed by atoms with Crippen molar-refractivity contribution >= 4 is 11.8 Å². The molecule has 0 fully saturated rings. The molecule has 0 aliphatic heterocycles. The van der Waals surface area contributed by atoms with Gasteiger partial charge in [-0.05, 0) is 18.2 Å². The summed E-state index contributed by atoms with van der Waals surface area (Å²) in [6.07, 6.45) is -0.162. The summed E-state index contributed by atoms with van der Waals surface area (Å²) >= 11 is 0. The average Bonchev–Trinajstić information content (AvgIpc) is 2.48. The molecular weight excluding hydrogens is 312 g/mol. The summed E-state index contributed by atoms with van der Waals surface area (Å²) < 4.78 is 0. The van der Waals surface area contributed by atoms with Gasteiger partial charge in [-0.3, -0.25) is 4.79 Å². The molecule has 0 radical (unpaired) electrons. The highest BCUT2D eigenvalue weighted by Crippen LogP contribution is 2.39. The van der Waals surface area contributed by atoms with E-state index in [1.54, 1.807) is 0 Å². The third-order valence-corrected chi connectivity index (χ3v) is 3.37. The first-order valence-corrected chi connectivity index (χ1v) is 6.16. The predicted octanol–water partition coefficient (Wildman–Crippen LogP) is 0.459. The number of phenols is 3. The number of carboxylic acid groups (broad SMARTS) is 1. The number of carboxylic acids is 1. The second kappa shape index (κ2) is 5.21. The van der Waals surface area contributed by atoms with E-state index >= 15 is 0 Å². The minimum absolute atomic E-state index is 0.522. The van der Waals surface area contributed by atoms with Crippen molar-refractivity contribution in [3.8, 4) is 17.2 Å². The van der Waals surface area contributed by atoms with Gasteiger partial charge in [0.15, 0.2) is 34.4 Å². The fourth-order valence-electron chi connectivity index (χ4n) is 2.15. The summed E-state index contributed by atoms with van der Waals surface area (Å²) in [5, 5.41) is 66.6. The normalized spacial score (nSPS) is 21.0. The Morgan fingerprint density at radius 2 is 1.52 bits per heavy atom. The van der Waals surface area contributed by atoms with Gasteiger partial charge >= 0.3 is 5.97 Å². The average molecular weight is 324 g/mol. The Morgan fingerprint density at radius 1 is 1.00 bits per heavy atom. The smallest absolute Gasteiger partial charge is 0.331 e. The van der Waals surface area contributed by atoms with Crippen molar-refractivity contribution in [2.75, 3.05) is 0 Å². The van der Waals surface area contributed by atoms with Gasteiger partial charge in [0.05, 0.1) is 0 Å². The molecule has 0 spiro atoms. The lowest BCUT2D eigenvalue weighted by atomic mass is 9.81. The number of Topliss-reactive ketones (excluding diaryl/α,β-unsaturated/α-hetero) is 1. The monoisotopic (exact) mass is 324 g/mol. The van der Waals surface area contributed by atoms with E-state index in [9.17, 15) is 40.2 Å². The van der Waals surface area contributed by atoms with Gasteiger partial charge in [-0.2, -0.15) is 0 Å². The van der Waals surface area contributed by atoms with Gasteiger partial charge < -0.3 is 35.7 Å².